The number of halogens is 1. The molecule has 0 saturated carbocycles. The van der Waals surface area contributed by atoms with Crippen LogP contribution in [0.4, 0.5) is 5.69 Å². The summed E-state index contributed by atoms with van der Waals surface area (Å²) in [6, 6.07) is 9.37. The number of carbonyl (C=O) groups is 1. The van der Waals surface area contributed by atoms with Gasteiger partial charge in [-0.05, 0) is 68.7 Å². The molecule has 1 N–H and O–H groups in total. The van der Waals surface area contributed by atoms with Gasteiger partial charge in [0.25, 0.3) is 0 Å². The first-order valence-corrected chi connectivity index (χ1v) is 8.97. The van der Waals surface area contributed by atoms with Gasteiger partial charge in [0.05, 0.1) is 23.9 Å². The second-order valence-electron chi connectivity index (χ2n) is 5.83. The summed E-state index contributed by atoms with van der Waals surface area (Å²) in [6.07, 6.45) is 3.20. The predicted octanol–water partition coefficient (Wildman–Crippen LogP) is 5.41. The lowest BCUT2D eigenvalue weighted by Crippen LogP contribution is -2.09. The smallest absolute Gasteiger partial charge is 0.248 e. The lowest BCUT2D eigenvalue weighted by molar-refractivity contribution is -0.111. The van der Waals surface area contributed by atoms with Gasteiger partial charge in [0.2, 0.25) is 5.91 Å². The summed E-state index contributed by atoms with van der Waals surface area (Å²) < 4.78 is 11.1. The van der Waals surface area contributed by atoms with Crippen LogP contribution >= 0.6 is 11.6 Å². The van der Waals surface area contributed by atoms with E-state index >= 15 is 0 Å². The van der Waals surface area contributed by atoms with Crippen LogP contribution in [0.1, 0.15) is 30.5 Å². The molecule has 1 amide bonds. The van der Waals surface area contributed by atoms with Gasteiger partial charge in [-0.25, -0.2) is 0 Å². The Balaban J connectivity index is 2.14. The number of nitrogens with one attached hydrogen (secondary N) is 1. The van der Waals surface area contributed by atoms with Crippen LogP contribution in [-0.2, 0) is 4.79 Å². The number of amides is 1. The van der Waals surface area contributed by atoms with Crippen LogP contribution in [0.25, 0.3) is 6.08 Å². The molecule has 0 atom stereocenters. The van der Waals surface area contributed by atoms with Crippen molar-refractivity contribution in [3.63, 3.8) is 0 Å². The van der Waals surface area contributed by atoms with Crippen LogP contribution in [0.3, 0.4) is 0 Å². The highest BCUT2D eigenvalue weighted by atomic mass is 35.5. The molecule has 2 aromatic rings. The molecule has 0 saturated heterocycles. The fourth-order valence-corrected chi connectivity index (χ4v) is 2.95. The second kappa shape index (κ2) is 9.30. The van der Waals surface area contributed by atoms with Crippen molar-refractivity contribution in [3.05, 3.63) is 58.1 Å². The van der Waals surface area contributed by atoms with E-state index in [2.05, 4.69) is 5.32 Å². The molecule has 0 radical (unpaired) electrons. The molecule has 0 unspecified atom stereocenters. The van der Waals surface area contributed by atoms with Crippen LogP contribution in [0.5, 0.6) is 11.5 Å². The monoisotopic (exact) mass is 373 g/mol. The highest BCUT2D eigenvalue weighted by Gasteiger charge is 2.08. The third-order valence-corrected chi connectivity index (χ3v) is 3.97. The van der Waals surface area contributed by atoms with Gasteiger partial charge in [0.15, 0.2) is 11.5 Å². The number of anilines is 1. The molecular weight excluding hydrogens is 350 g/mol. The average Bonchev–Trinajstić information content (AvgIpc) is 2.58. The molecule has 5 heteroatoms. The van der Waals surface area contributed by atoms with Crippen LogP contribution in [0.15, 0.2) is 36.4 Å². The van der Waals surface area contributed by atoms with Crippen LogP contribution in [0.2, 0.25) is 5.02 Å². The Kier molecular flexibility index (Phi) is 7.10. The second-order valence-corrected chi connectivity index (χ2v) is 6.24. The zero-order valence-electron chi connectivity index (χ0n) is 15.6. The molecule has 0 aliphatic heterocycles. The molecule has 0 heterocycles. The van der Waals surface area contributed by atoms with E-state index in [0.717, 1.165) is 16.7 Å². The zero-order chi connectivity index (χ0) is 19.1. The van der Waals surface area contributed by atoms with Crippen molar-refractivity contribution < 1.29 is 14.3 Å². The molecule has 0 aliphatic carbocycles. The summed E-state index contributed by atoms with van der Waals surface area (Å²) in [5, 5.41) is 3.37. The van der Waals surface area contributed by atoms with Gasteiger partial charge < -0.3 is 14.8 Å². The first kappa shape index (κ1) is 19.9. The number of hydrogen-bond acceptors (Lipinski definition) is 3. The van der Waals surface area contributed by atoms with E-state index in [-0.39, 0.29) is 5.91 Å². The van der Waals surface area contributed by atoms with Crippen LogP contribution in [0, 0.1) is 13.8 Å². The standard InChI is InChI=1S/C21H24ClNO3/c1-5-25-18-9-7-16(13-19(18)26-6-2)8-10-20(24)23-21-15(4)11-14(3)12-17(21)22/h7-13H,5-6H2,1-4H3,(H,23,24)/b10-8+. The Morgan fingerprint density at radius 1 is 1.08 bits per heavy atom. The quantitative estimate of drug-likeness (QED) is 0.660. The molecular formula is C21H24ClNO3. The van der Waals surface area contributed by atoms with Crippen molar-refractivity contribution >= 4 is 29.3 Å². The number of hydrogen-bond donors (Lipinski definition) is 1. The zero-order valence-corrected chi connectivity index (χ0v) is 16.3. The first-order chi connectivity index (χ1) is 12.4. The lowest BCUT2D eigenvalue weighted by atomic mass is 10.1. The minimum atomic E-state index is -0.245. The molecule has 26 heavy (non-hydrogen) atoms. The number of carbonyl (C=O) groups excluding carboxylic acids is 1. The first-order valence-electron chi connectivity index (χ1n) is 8.60. The molecule has 0 bridgehead atoms. The summed E-state index contributed by atoms with van der Waals surface area (Å²) in [5.41, 5.74) is 3.46. The largest absolute Gasteiger partial charge is 0.490 e. The van der Waals surface area contributed by atoms with E-state index in [1.165, 1.54) is 6.08 Å². The maximum atomic E-state index is 12.2. The SMILES string of the molecule is CCOc1ccc(/C=C/C(=O)Nc2c(C)cc(C)cc2Cl)cc1OCC. The van der Waals surface area contributed by atoms with Crippen molar-refractivity contribution in [1.29, 1.82) is 0 Å². The van der Waals surface area contributed by atoms with Gasteiger partial charge in [0.1, 0.15) is 0 Å². The van der Waals surface area contributed by atoms with Crippen LogP contribution < -0.4 is 14.8 Å². The van der Waals surface area contributed by atoms with Crippen molar-refractivity contribution in [2.24, 2.45) is 0 Å². The molecule has 0 fully saturated rings. The summed E-state index contributed by atoms with van der Waals surface area (Å²) in [6.45, 7) is 8.82. The fourth-order valence-electron chi connectivity index (χ4n) is 2.58. The van der Waals surface area contributed by atoms with E-state index < -0.39 is 0 Å². The van der Waals surface area contributed by atoms with Crippen molar-refractivity contribution in [1.82, 2.24) is 0 Å². The predicted molar refractivity (Wildman–Crippen MR) is 107 cm³/mol. The Morgan fingerprint density at radius 3 is 2.42 bits per heavy atom. The van der Waals surface area contributed by atoms with Gasteiger partial charge in [-0.3, -0.25) is 4.79 Å². The van der Waals surface area contributed by atoms with Gasteiger partial charge in [-0.15, -0.1) is 0 Å². The van der Waals surface area contributed by atoms with E-state index in [1.54, 1.807) is 6.08 Å². The van der Waals surface area contributed by atoms with Crippen molar-refractivity contribution in [2.45, 2.75) is 27.7 Å². The highest BCUT2D eigenvalue weighted by Crippen LogP contribution is 2.29. The maximum absolute atomic E-state index is 12.2. The Bertz CT molecular complexity index is 792. The van der Waals surface area contributed by atoms with Gasteiger partial charge in [-0.2, -0.15) is 0 Å². The normalized spacial score (nSPS) is 10.8. The molecule has 2 aromatic carbocycles. The fraction of sp³-hybridized carbons (Fsp3) is 0.286. The van der Waals surface area contributed by atoms with Gasteiger partial charge >= 0.3 is 0 Å². The molecule has 138 valence electrons. The highest BCUT2D eigenvalue weighted by molar-refractivity contribution is 6.34. The van der Waals surface area contributed by atoms with Gasteiger partial charge in [-0.1, -0.05) is 23.7 Å². The molecule has 2 rings (SSSR count). The van der Waals surface area contributed by atoms with Crippen molar-refractivity contribution in [3.8, 4) is 11.5 Å². The third kappa shape index (κ3) is 5.27. The molecule has 0 aliphatic rings. The van der Waals surface area contributed by atoms with E-state index in [9.17, 15) is 4.79 Å². The van der Waals surface area contributed by atoms with Crippen LogP contribution in [-0.4, -0.2) is 19.1 Å². The molecule has 0 spiro atoms. The summed E-state index contributed by atoms with van der Waals surface area (Å²) in [5.74, 6) is 1.11. The minimum Gasteiger partial charge on any atom is -0.490 e. The number of aryl methyl sites for hydroxylation is 2. The van der Waals surface area contributed by atoms with Crippen molar-refractivity contribution in [2.75, 3.05) is 18.5 Å². The summed E-state index contributed by atoms with van der Waals surface area (Å²) in [7, 11) is 0. The number of ether oxygens (including phenoxy) is 2. The Morgan fingerprint density at radius 2 is 1.77 bits per heavy atom. The van der Waals surface area contributed by atoms with E-state index in [4.69, 9.17) is 21.1 Å². The van der Waals surface area contributed by atoms with E-state index in [0.29, 0.717) is 35.4 Å². The number of rotatable bonds is 7. The van der Waals surface area contributed by atoms with Gasteiger partial charge in [0, 0.05) is 6.08 Å². The topological polar surface area (TPSA) is 47.6 Å². The molecule has 4 nitrogen and oxygen atoms in total. The summed E-state index contributed by atoms with van der Waals surface area (Å²) in [4.78, 5) is 12.2. The summed E-state index contributed by atoms with van der Waals surface area (Å²) >= 11 is 6.23. The number of benzene rings is 2. The Labute approximate surface area is 159 Å². The van der Waals surface area contributed by atoms with E-state index in [1.807, 2.05) is 58.0 Å². The minimum absolute atomic E-state index is 0.245. The maximum Gasteiger partial charge on any atom is 0.248 e. The lowest BCUT2D eigenvalue weighted by Gasteiger charge is -2.11. The average molecular weight is 374 g/mol. The third-order valence-electron chi connectivity index (χ3n) is 3.67. The molecule has 0 aromatic heterocycles. The Hall–Kier alpha value is -2.46.